The molecule has 0 radical (unpaired) electrons. The minimum Gasteiger partial charge on any atom is -0.385 e. The molecule has 0 bridgehead atoms. The molecule has 2 atom stereocenters. The van der Waals surface area contributed by atoms with Crippen LogP contribution in [0.2, 0.25) is 0 Å². The first kappa shape index (κ1) is 18.0. The van der Waals surface area contributed by atoms with Crippen LogP contribution in [0, 0.1) is 5.82 Å². The quantitative estimate of drug-likeness (QED) is 0.673. The fourth-order valence-corrected chi connectivity index (χ4v) is 2.33. The number of rotatable bonds is 10. The number of ether oxygens (including phenoxy) is 2. The van der Waals surface area contributed by atoms with E-state index < -0.39 is 0 Å². The number of nitrogens with zero attached hydrogens (tertiary/aromatic N) is 1. The van der Waals surface area contributed by atoms with Crippen molar-refractivity contribution in [3.05, 3.63) is 35.6 Å². The van der Waals surface area contributed by atoms with Gasteiger partial charge in [0.1, 0.15) is 5.82 Å². The van der Waals surface area contributed by atoms with Crippen molar-refractivity contribution in [1.82, 2.24) is 4.90 Å². The van der Waals surface area contributed by atoms with E-state index in [4.69, 9.17) is 15.2 Å². The van der Waals surface area contributed by atoms with Crippen LogP contribution in [0.15, 0.2) is 24.3 Å². The average molecular weight is 298 g/mol. The summed E-state index contributed by atoms with van der Waals surface area (Å²) in [4.78, 5) is 2.29. The minimum absolute atomic E-state index is 0.141. The molecular formula is C16H27FN2O2. The lowest BCUT2D eigenvalue weighted by Gasteiger charge is -2.33. The maximum atomic E-state index is 13.0. The van der Waals surface area contributed by atoms with Gasteiger partial charge in [0.2, 0.25) is 0 Å². The molecule has 0 fully saturated rings. The lowest BCUT2D eigenvalue weighted by Crippen LogP contribution is -2.43. The van der Waals surface area contributed by atoms with E-state index in [9.17, 15) is 4.39 Å². The van der Waals surface area contributed by atoms with Gasteiger partial charge in [0.05, 0.1) is 6.61 Å². The molecule has 0 aliphatic heterocycles. The number of hydrogen-bond donors (Lipinski definition) is 1. The van der Waals surface area contributed by atoms with E-state index in [2.05, 4.69) is 11.8 Å². The van der Waals surface area contributed by atoms with Gasteiger partial charge in [-0.3, -0.25) is 4.90 Å². The Morgan fingerprint density at radius 2 is 1.71 bits per heavy atom. The predicted molar refractivity (Wildman–Crippen MR) is 82.7 cm³/mol. The van der Waals surface area contributed by atoms with E-state index in [0.717, 1.165) is 31.7 Å². The Bertz CT molecular complexity index is 386. The number of benzene rings is 1. The zero-order valence-electron chi connectivity index (χ0n) is 13.2. The van der Waals surface area contributed by atoms with Gasteiger partial charge in [-0.25, -0.2) is 4.39 Å². The summed E-state index contributed by atoms with van der Waals surface area (Å²) in [6, 6.07) is 6.38. The van der Waals surface area contributed by atoms with Crippen molar-refractivity contribution >= 4 is 0 Å². The fraction of sp³-hybridized carbons (Fsp3) is 0.625. The molecule has 0 aliphatic rings. The maximum Gasteiger partial charge on any atom is 0.123 e. The lowest BCUT2D eigenvalue weighted by atomic mass is 10.00. The molecule has 1 aromatic rings. The van der Waals surface area contributed by atoms with Crippen molar-refractivity contribution in [2.24, 2.45) is 5.73 Å². The second-order valence-electron chi connectivity index (χ2n) is 5.19. The number of methoxy groups -OCH3 is 2. The van der Waals surface area contributed by atoms with Crippen LogP contribution in [0.4, 0.5) is 4.39 Å². The molecule has 0 spiro atoms. The van der Waals surface area contributed by atoms with Gasteiger partial charge < -0.3 is 15.2 Å². The van der Waals surface area contributed by atoms with E-state index in [0.29, 0.717) is 6.61 Å². The minimum atomic E-state index is -0.241. The summed E-state index contributed by atoms with van der Waals surface area (Å²) in [7, 11) is 3.39. The first-order valence-corrected chi connectivity index (χ1v) is 7.33. The van der Waals surface area contributed by atoms with Crippen LogP contribution >= 0.6 is 0 Å². The summed E-state index contributed by atoms with van der Waals surface area (Å²) in [5.74, 6) is -0.241. The molecule has 1 rings (SSSR count). The second kappa shape index (κ2) is 9.84. The molecule has 0 aromatic heterocycles. The molecule has 120 valence electrons. The van der Waals surface area contributed by atoms with E-state index in [1.807, 2.05) is 0 Å². The molecule has 1 aromatic carbocycles. The molecule has 0 saturated carbocycles. The summed E-state index contributed by atoms with van der Waals surface area (Å²) >= 11 is 0. The first-order valence-electron chi connectivity index (χ1n) is 7.33. The van der Waals surface area contributed by atoms with Crippen LogP contribution in [0.3, 0.4) is 0 Å². The SMILES string of the molecule is COCCCN(CCOC)C(C)C(N)c1ccc(F)cc1. The predicted octanol–water partition coefficient (Wildman–Crippen LogP) is 2.20. The molecule has 2 N–H and O–H groups in total. The van der Waals surface area contributed by atoms with Crippen molar-refractivity contribution in [3.63, 3.8) is 0 Å². The first-order chi connectivity index (χ1) is 10.1. The van der Waals surface area contributed by atoms with E-state index in [-0.39, 0.29) is 17.9 Å². The zero-order valence-corrected chi connectivity index (χ0v) is 13.2. The maximum absolute atomic E-state index is 13.0. The van der Waals surface area contributed by atoms with Gasteiger partial charge in [0.15, 0.2) is 0 Å². The summed E-state index contributed by atoms with van der Waals surface area (Å²) in [5, 5.41) is 0. The third-order valence-corrected chi connectivity index (χ3v) is 3.73. The summed E-state index contributed by atoms with van der Waals surface area (Å²) in [5.41, 5.74) is 7.27. The molecule has 0 amide bonds. The largest absolute Gasteiger partial charge is 0.385 e. The van der Waals surface area contributed by atoms with Crippen molar-refractivity contribution in [3.8, 4) is 0 Å². The highest BCUT2D eigenvalue weighted by atomic mass is 19.1. The van der Waals surface area contributed by atoms with Crippen LogP contribution in [0.25, 0.3) is 0 Å². The zero-order chi connectivity index (χ0) is 15.7. The van der Waals surface area contributed by atoms with E-state index in [1.165, 1.54) is 12.1 Å². The third-order valence-electron chi connectivity index (χ3n) is 3.73. The number of hydrogen-bond acceptors (Lipinski definition) is 4. The summed E-state index contributed by atoms with van der Waals surface area (Å²) in [6.45, 7) is 5.19. The van der Waals surface area contributed by atoms with Gasteiger partial charge in [-0.05, 0) is 31.0 Å². The second-order valence-corrected chi connectivity index (χ2v) is 5.19. The van der Waals surface area contributed by atoms with E-state index >= 15 is 0 Å². The third kappa shape index (κ3) is 6.09. The van der Waals surface area contributed by atoms with Crippen LogP contribution in [-0.2, 0) is 9.47 Å². The highest BCUT2D eigenvalue weighted by Crippen LogP contribution is 2.19. The van der Waals surface area contributed by atoms with Gasteiger partial charge in [-0.2, -0.15) is 0 Å². The highest BCUT2D eigenvalue weighted by Gasteiger charge is 2.21. The fourth-order valence-electron chi connectivity index (χ4n) is 2.33. The van der Waals surface area contributed by atoms with Crippen LogP contribution in [0.1, 0.15) is 24.9 Å². The van der Waals surface area contributed by atoms with Crippen molar-refractivity contribution in [1.29, 1.82) is 0 Å². The Kier molecular flexibility index (Phi) is 8.45. The van der Waals surface area contributed by atoms with E-state index in [1.54, 1.807) is 26.4 Å². The topological polar surface area (TPSA) is 47.7 Å². The lowest BCUT2D eigenvalue weighted by molar-refractivity contribution is 0.102. The monoisotopic (exact) mass is 298 g/mol. The highest BCUT2D eigenvalue weighted by molar-refractivity contribution is 5.20. The Morgan fingerprint density at radius 1 is 1.10 bits per heavy atom. The smallest absolute Gasteiger partial charge is 0.123 e. The molecule has 0 saturated heterocycles. The Hall–Kier alpha value is -1.01. The molecule has 2 unspecified atom stereocenters. The van der Waals surface area contributed by atoms with Crippen LogP contribution in [-0.4, -0.2) is 51.5 Å². The Morgan fingerprint density at radius 3 is 2.29 bits per heavy atom. The summed E-state index contributed by atoms with van der Waals surface area (Å²) < 4.78 is 23.3. The van der Waals surface area contributed by atoms with Crippen LogP contribution in [0.5, 0.6) is 0 Å². The Balaban J connectivity index is 2.67. The molecule has 0 heterocycles. The normalized spacial score (nSPS) is 14.4. The van der Waals surface area contributed by atoms with Gasteiger partial charge in [-0.1, -0.05) is 12.1 Å². The molecule has 5 heteroatoms. The standard InChI is InChI=1S/C16H27FN2O2/c1-13(16(18)14-5-7-15(17)8-6-14)19(10-12-21-3)9-4-11-20-2/h5-8,13,16H,4,9-12,18H2,1-3H3. The van der Waals surface area contributed by atoms with Crippen molar-refractivity contribution in [2.75, 3.05) is 40.5 Å². The molecular weight excluding hydrogens is 271 g/mol. The molecule has 4 nitrogen and oxygen atoms in total. The summed E-state index contributed by atoms with van der Waals surface area (Å²) in [6.07, 6.45) is 0.945. The number of halogens is 1. The molecule has 21 heavy (non-hydrogen) atoms. The Labute approximate surface area is 127 Å². The molecule has 0 aliphatic carbocycles. The average Bonchev–Trinajstić information content (AvgIpc) is 2.50. The number of nitrogens with two attached hydrogens (primary N) is 1. The van der Waals surface area contributed by atoms with Crippen molar-refractivity contribution < 1.29 is 13.9 Å². The van der Waals surface area contributed by atoms with Crippen molar-refractivity contribution in [2.45, 2.75) is 25.4 Å². The van der Waals surface area contributed by atoms with Gasteiger partial charge in [0, 0.05) is 46.0 Å². The van der Waals surface area contributed by atoms with Gasteiger partial charge in [0.25, 0.3) is 0 Å². The van der Waals surface area contributed by atoms with Crippen LogP contribution < -0.4 is 5.73 Å². The van der Waals surface area contributed by atoms with Gasteiger partial charge in [-0.15, -0.1) is 0 Å². The van der Waals surface area contributed by atoms with Gasteiger partial charge >= 0.3 is 0 Å².